The Labute approximate surface area is 109 Å². The molecule has 1 aromatic carbocycles. The van der Waals surface area contributed by atoms with Crippen LogP contribution in [-0.2, 0) is 6.54 Å². The molecule has 0 aliphatic carbocycles. The first-order valence-electron chi connectivity index (χ1n) is 5.94. The van der Waals surface area contributed by atoms with E-state index in [0.717, 1.165) is 22.8 Å². The Balaban J connectivity index is 1.69. The summed E-state index contributed by atoms with van der Waals surface area (Å²) in [5.74, 6) is 0.955. The summed E-state index contributed by atoms with van der Waals surface area (Å²) in [5, 5.41) is 4.52. The van der Waals surface area contributed by atoms with Gasteiger partial charge in [-0.3, -0.25) is 0 Å². The zero-order valence-electron chi connectivity index (χ0n) is 10.1. The number of nitrogens with zero attached hydrogens (tertiary/aromatic N) is 1. The van der Waals surface area contributed by atoms with Gasteiger partial charge in [-0.15, -0.1) is 11.3 Å². The minimum Gasteiger partial charge on any atom is -0.468 e. The third-order valence-electron chi connectivity index (χ3n) is 2.87. The molecule has 3 rings (SSSR count). The van der Waals surface area contributed by atoms with Gasteiger partial charge in [0.1, 0.15) is 10.8 Å². The van der Waals surface area contributed by atoms with Gasteiger partial charge in [0.05, 0.1) is 22.5 Å². The zero-order valence-corrected chi connectivity index (χ0v) is 10.9. The van der Waals surface area contributed by atoms with E-state index in [1.807, 2.05) is 30.3 Å². The minimum absolute atomic E-state index is 0.201. The molecule has 0 saturated heterocycles. The van der Waals surface area contributed by atoms with Crippen LogP contribution in [0.1, 0.15) is 23.7 Å². The third kappa shape index (κ3) is 2.30. The van der Waals surface area contributed by atoms with E-state index in [-0.39, 0.29) is 6.04 Å². The maximum Gasteiger partial charge on any atom is 0.120 e. The normalized spacial score (nSPS) is 12.9. The number of benzene rings is 1. The molecule has 0 spiro atoms. The molecular formula is C14H14N2OS. The number of thiazole rings is 1. The van der Waals surface area contributed by atoms with Crippen molar-refractivity contribution in [3.05, 3.63) is 53.4 Å². The van der Waals surface area contributed by atoms with Crippen molar-refractivity contribution in [2.24, 2.45) is 0 Å². The first kappa shape index (κ1) is 11.4. The highest BCUT2D eigenvalue weighted by atomic mass is 32.1. The van der Waals surface area contributed by atoms with Gasteiger partial charge in [0, 0.05) is 6.54 Å². The second kappa shape index (κ2) is 4.92. The van der Waals surface area contributed by atoms with E-state index in [2.05, 4.69) is 23.3 Å². The van der Waals surface area contributed by atoms with Crippen LogP contribution in [0.15, 0.2) is 47.1 Å². The fourth-order valence-electron chi connectivity index (χ4n) is 1.87. The topological polar surface area (TPSA) is 38.1 Å². The number of fused-ring (bicyclic) bond motifs is 1. The van der Waals surface area contributed by atoms with Gasteiger partial charge in [-0.2, -0.15) is 0 Å². The van der Waals surface area contributed by atoms with E-state index in [1.165, 1.54) is 4.70 Å². The molecule has 2 heterocycles. The number of para-hydroxylation sites is 1. The lowest BCUT2D eigenvalue weighted by Gasteiger charge is -2.09. The fraction of sp³-hybridized carbons (Fsp3) is 0.214. The number of rotatable bonds is 4. The largest absolute Gasteiger partial charge is 0.468 e. The number of hydrogen-bond donors (Lipinski definition) is 1. The average molecular weight is 258 g/mol. The molecule has 92 valence electrons. The quantitative estimate of drug-likeness (QED) is 0.774. The van der Waals surface area contributed by atoms with E-state index >= 15 is 0 Å². The molecule has 0 aliphatic rings. The van der Waals surface area contributed by atoms with Crippen LogP contribution < -0.4 is 5.32 Å². The van der Waals surface area contributed by atoms with E-state index < -0.39 is 0 Å². The molecule has 3 nitrogen and oxygen atoms in total. The molecule has 0 fully saturated rings. The van der Waals surface area contributed by atoms with E-state index in [4.69, 9.17) is 4.42 Å². The van der Waals surface area contributed by atoms with Gasteiger partial charge >= 0.3 is 0 Å². The van der Waals surface area contributed by atoms with Gasteiger partial charge in [-0.1, -0.05) is 12.1 Å². The summed E-state index contributed by atoms with van der Waals surface area (Å²) < 4.78 is 6.60. The van der Waals surface area contributed by atoms with Gasteiger partial charge in [-0.05, 0) is 31.2 Å². The molecule has 1 unspecified atom stereocenters. The maximum absolute atomic E-state index is 5.36. The van der Waals surface area contributed by atoms with Crippen LogP contribution in [0, 0.1) is 0 Å². The van der Waals surface area contributed by atoms with Crippen LogP contribution in [-0.4, -0.2) is 4.98 Å². The fourth-order valence-corrected chi connectivity index (χ4v) is 2.79. The van der Waals surface area contributed by atoms with Crippen molar-refractivity contribution in [3.8, 4) is 0 Å². The summed E-state index contributed by atoms with van der Waals surface area (Å²) in [6.45, 7) is 2.85. The second-order valence-corrected chi connectivity index (χ2v) is 5.31. The highest BCUT2D eigenvalue weighted by Gasteiger charge is 2.09. The molecule has 0 radical (unpaired) electrons. The molecule has 1 N–H and O–H groups in total. The Morgan fingerprint density at radius 2 is 2.17 bits per heavy atom. The summed E-state index contributed by atoms with van der Waals surface area (Å²) >= 11 is 1.73. The van der Waals surface area contributed by atoms with Gasteiger partial charge in [0.2, 0.25) is 0 Å². The molecule has 0 bridgehead atoms. The first-order valence-corrected chi connectivity index (χ1v) is 6.76. The van der Waals surface area contributed by atoms with Crippen LogP contribution in [0.2, 0.25) is 0 Å². The molecule has 3 aromatic rings. The molecule has 0 saturated carbocycles. The number of furan rings is 1. The lowest BCUT2D eigenvalue weighted by Crippen LogP contribution is -2.17. The lowest BCUT2D eigenvalue weighted by atomic mass is 10.2. The summed E-state index contributed by atoms with van der Waals surface area (Å²) in [6.07, 6.45) is 1.70. The van der Waals surface area contributed by atoms with Crippen molar-refractivity contribution in [2.75, 3.05) is 0 Å². The Morgan fingerprint density at radius 3 is 2.94 bits per heavy atom. The van der Waals surface area contributed by atoms with E-state index in [1.54, 1.807) is 17.6 Å². The van der Waals surface area contributed by atoms with Crippen molar-refractivity contribution in [2.45, 2.75) is 19.5 Å². The SMILES string of the molecule is CC(NCc1nc2ccccc2s1)c1ccco1. The van der Waals surface area contributed by atoms with Crippen molar-refractivity contribution >= 4 is 21.6 Å². The Morgan fingerprint density at radius 1 is 1.28 bits per heavy atom. The van der Waals surface area contributed by atoms with E-state index in [0.29, 0.717) is 0 Å². The van der Waals surface area contributed by atoms with Crippen molar-refractivity contribution in [1.82, 2.24) is 10.3 Å². The highest BCUT2D eigenvalue weighted by Crippen LogP contribution is 2.22. The number of nitrogens with one attached hydrogen (secondary N) is 1. The average Bonchev–Trinajstić information content (AvgIpc) is 3.04. The zero-order chi connectivity index (χ0) is 12.4. The van der Waals surface area contributed by atoms with Crippen LogP contribution in [0.4, 0.5) is 0 Å². The van der Waals surface area contributed by atoms with Gasteiger partial charge in [0.25, 0.3) is 0 Å². The molecule has 18 heavy (non-hydrogen) atoms. The van der Waals surface area contributed by atoms with Crippen LogP contribution >= 0.6 is 11.3 Å². The van der Waals surface area contributed by atoms with Crippen molar-refractivity contribution in [3.63, 3.8) is 0 Å². The summed E-state index contributed by atoms with van der Waals surface area (Å²) in [4.78, 5) is 4.59. The molecule has 0 amide bonds. The van der Waals surface area contributed by atoms with Crippen molar-refractivity contribution < 1.29 is 4.42 Å². The Bertz CT molecular complexity index is 597. The van der Waals surface area contributed by atoms with Crippen molar-refractivity contribution in [1.29, 1.82) is 0 Å². The molecule has 0 aliphatic heterocycles. The number of aromatic nitrogens is 1. The third-order valence-corrected chi connectivity index (χ3v) is 3.90. The first-order chi connectivity index (χ1) is 8.83. The van der Waals surface area contributed by atoms with Gasteiger partial charge in [0.15, 0.2) is 0 Å². The Kier molecular flexibility index (Phi) is 3.13. The Hall–Kier alpha value is -1.65. The smallest absolute Gasteiger partial charge is 0.120 e. The van der Waals surface area contributed by atoms with Crippen LogP contribution in [0.3, 0.4) is 0 Å². The van der Waals surface area contributed by atoms with Gasteiger partial charge in [-0.25, -0.2) is 4.98 Å². The summed E-state index contributed by atoms with van der Waals surface area (Å²) in [5.41, 5.74) is 1.07. The highest BCUT2D eigenvalue weighted by molar-refractivity contribution is 7.18. The second-order valence-electron chi connectivity index (χ2n) is 4.19. The maximum atomic E-state index is 5.36. The minimum atomic E-state index is 0.201. The predicted octanol–water partition coefficient (Wildman–Crippen LogP) is 3.74. The molecular weight excluding hydrogens is 244 g/mol. The van der Waals surface area contributed by atoms with Crippen LogP contribution in [0.25, 0.3) is 10.2 Å². The molecule has 2 aromatic heterocycles. The lowest BCUT2D eigenvalue weighted by molar-refractivity contribution is 0.430. The van der Waals surface area contributed by atoms with Crippen LogP contribution in [0.5, 0.6) is 0 Å². The molecule has 1 atom stereocenters. The summed E-state index contributed by atoms with van der Waals surface area (Å²) in [7, 11) is 0. The van der Waals surface area contributed by atoms with Gasteiger partial charge < -0.3 is 9.73 Å². The van der Waals surface area contributed by atoms with E-state index in [9.17, 15) is 0 Å². The standard InChI is InChI=1S/C14H14N2OS/c1-10(12-6-4-8-17-12)15-9-14-16-11-5-2-3-7-13(11)18-14/h2-8,10,15H,9H2,1H3. The number of hydrogen-bond acceptors (Lipinski definition) is 4. The monoisotopic (exact) mass is 258 g/mol. The summed E-state index contributed by atoms with van der Waals surface area (Å²) in [6, 6.07) is 12.3. The predicted molar refractivity (Wildman–Crippen MR) is 73.6 cm³/mol. The molecule has 4 heteroatoms.